The van der Waals surface area contributed by atoms with Gasteiger partial charge in [-0.25, -0.2) is 0 Å². The molecular formula is C17H25N3O2. The molecule has 3 N–H and O–H groups in total. The lowest BCUT2D eigenvalue weighted by molar-refractivity contribution is 0.00116. The standard InChI is InChI=1S/C17H25N3O2/c1-12-6-7-14(22-12)16-13(10-19-20-16)9-18-11-17(2)8-4-3-5-15(17)21/h6-7,10,15,18,21H,3-5,8-9,11H2,1-2H3,(H,19,20). The molecule has 0 bridgehead atoms. The van der Waals surface area contributed by atoms with Gasteiger partial charge in [0.15, 0.2) is 5.76 Å². The Morgan fingerprint density at radius 1 is 1.45 bits per heavy atom. The Labute approximate surface area is 131 Å². The molecule has 0 spiro atoms. The van der Waals surface area contributed by atoms with Crippen LogP contribution in [0, 0.1) is 12.3 Å². The first-order chi connectivity index (χ1) is 10.6. The number of nitrogens with zero attached hydrogens (tertiary/aromatic N) is 1. The van der Waals surface area contributed by atoms with Gasteiger partial charge in [-0.3, -0.25) is 5.10 Å². The predicted octanol–water partition coefficient (Wildman–Crippen LogP) is 3.01. The minimum atomic E-state index is -0.203. The van der Waals surface area contributed by atoms with Gasteiger partial charge in [0.05, 0.1) is 12.3 Å². The summed E-state index contributed by atoms with van der Waals surface area (Å²) in [6.07, 6.45) is 5.97. The molecule has 0 radical (unpaired) electrons. The van der Waals surface area contributed by atoms with Crippen molar-refractivity contribution < 1.29 is 9.52 Å². The molecule has 0 saturated heterocycles. The Morgan fingerprint density at radius 2 is 2.32 bits per heavy atom. The van der Waals surface area contributed by atoms with E-state index in [2.05, 4.69) is 22.4 Å². The van der Waals surface area contributed by atoms with Crippen molar-refractivity contribution in [3.05, 3.63) is 29.7 Å². The van der Waals surface area contributed by atoms with Crippen LogP contribution in [-0.2, 0) is 6.54 Å². The highest BCUT2D eigenvalue weighted by atomic mass is 16.3. The van der Waals surface area contributed by atoms with E-state index in [1.54, 1.807) is 0 Å². The normalized spacial score (nSPS) is 25.5. The minimum Gasteiger partial charge on any atom is -0.460 e. The molecule has 2 aromatic rings. The van der Waals surface area contributed by atoms with E-state index in [4.69, 9.17) is 4.42 Å². The van der Waals surface area contributed by atoms with E-state index in [9.17, 15) is 5.11 Å². The van der Waals surface area contributed by atoms with Crippen molar-refractivity contribution in [1.29, 1.82) is 0 Å². The molecule has 3 rings (SSSR count). The fourth-order valence-corrected chi connectivity index (χ4v) is 3.30. The number of aryl methyl sites for hydroxylation is 1. The van der Waals surface area contributed by atoms with Gasteiger partial charge in [-0.05, 0) is 31.9 Å². The van der Waals surface area contributed by atoms with Gasteiger partial charge in [-0.2, -0.15) is 5.10 Å². The Bertz CT molecular complexity index is 619. The molecule has 2 aromatic heterocycles. The lowest BCUT2D eigenvalue weighted by atomic mass is 9.73. The third-order valence-electron chi connectivity index (χ3n) is 4.83. The highest BCUT2D eigenvalue weighted by molar-refractivity contribution is 5.56. The number of nitrogens with one attached hydrogen (secondary N) is 2. The third-order valence-corrected chi connectivity index (χ3v) is 4.83. The summed E-state index contributed by atoms with van der Waals surface area (Å²) < 4.78 is 5.66. The summed E-state index contributed by atoms with van der Waals surface area (Å²) in [6.45, 7) is 5.64. The van der Waals surface area contributed by atoms with Gasteiger partial charge in [0.2, 0.25) is 0 Å². The summed E-state index contributed by atoms with van der Waals surface area (Å²) in [7, 11) is 0. The van der Waals surface area contributed by atoms with Crippen LogP contribution < -0.4 is 5.32 Å². The van der Waals surface area contributed by atoms with Crippen LogP contribution in [-0.4, -0.2) is 28.0 Å². The SMILES string of the molecule is Cc1ccc(-c2[nH]ncc2CNCC2(C)CCCCC2O)o1. The van der Waals surface area contributed by atoms with Crippen LogP contribution in [0.5, 0.6) is 0 Å². The summed E-state index contributed by atoms with van der Waals surface area (Å²) in [5.41, 5.74) is 1.99. The summed E-state index contributed by atoms with van der Waals surface area (Å²) in [5.74, 6) is 1.71. The van der Waals surface area contributed by atoms with Crippen molar-refractivity contribution in [2.24, 2.45) is 5.41 Å². The Hall–Kier alpha value is -1.59. The molecule has 5 nitrogen and oxygen atoms in total. The molecule has 1 aliphatic carbocycles. The molecule has 2 atom stereocenters. The number of hydrogen-bond donors (Lipinski definition) is 3. The highest BCUT2D eigenvalue weighted by Gasteiger charge is 2.34. The number of aromatic amines is 1. The molecule has 2 unspecified atom stereocenters. The maximum atomic E-state index is 10.2. The number of aliphatic hydroxyl groups is 1. The van der Waals surface area contributed by atoms with E-state index in [-0.39, 0.29) is 11.5 Å². The molecule has 0 amide bonds. The molecule has 22 heavy (non-hydrogen) atoms. The number of rotatable bonds is 5. The van der Waals surface area contributed by atoms with Gasteiger partial charge < -0.3 is 14.8 Å². The smallest absolute Gasteiger partial charge is 0.152 e. The van der Waals surface area contributed by atoms with Gasteiger partial charge in [0.1, 0.15) is 11.5 Å². The fourth-order valence-electron chi connectivity index (χ4n) is 3.30. The van der Waals surface area contributed by atoms with E-state index in [0.717, 1.165) is 48.6 Å². The number of hydrogen-bond acceptors (Lipinski definition) is 4. The van der Waals surface area contributed by atoms with Gasteiger partial charge >= 0.3 is 0 Å². The molecule has 1 saturated carbocycles. The van der Waals surface area contributed by atoms with Crippen molar-refractivity contribution in [3.8, 4) is 11.5 Å². The van der Waals surface area contributed by atoms with Crippen molar-refractivity contribution in [2.45, 2.75) is 52.2 Å². The predicted molar refractivity (Wildman–Crippen MR) is 85.3 cm³/mol. The number of aromatic nitrogens is 2. The zero-order valence-electron chi connectivity index (χ0n) is 13.4. The summed E-state index contributed by atoms with van der Waals surface area (Å²) in [6, 6.07) is 3.91. The Kier molecular flexibility index (Phi) is 4.36. The molecule has 120 valence electrons. The lowest BCUT2D eigenvalue weighted by Crippen LogP contribution is -2.43. The molecule has 1 fully saturated rings. The number of H-pyrrole nitrogens is 1. The maximum Gasteiger partial charge on any atom is 0.152 e. The second-order valence-corrected chi connectivity index (χ2v) is 6.70. The van der Waals surface area contributed by atoms with Crippen molar-refractivity contribution >= 4 is 0 Å². The molecular weight excluding hydrogens is 278 g/mol. The van der Waals surface area contributed by atoms with Crippen molar-refractivity contribution in [2.75, 3.05) is 6.54 Å². The van der Waals surface area contributed by atoms with Crippen LogP contribution in [0.1, 0.15) is 43.9 Å². The first kappa shape index (κ1) is 15.3. The highest BCUT2D eigenvalue weighted by Crippen LogP contribution is 2.35. The summed E-state index contributed by atoms with van der Waals surface area (Å²) >= 11 is 0. The van der Waals surface area contributed by atoms with E-state index >= 15 is 0 Å². The van der Waals surface area contributed by atoms with Crippen molar-refractivity contribution in [3.63, 3.8) is 0 Å². The van der Waals surface area contributed by atoms with Gasteiger partial charge in [-0.15, -0.1) is 0 Å². The zero-order valence-corrected chi connectivity index (χ0v) is 13.4. The van der Waals surface area contributed by atoms with Gasteiger partial charge in [0.25, 0.3) is 0 Å². The second-order valence-electron chi connectivity index (χ2n) is 6.70. The Morgan fingerprint density at radius 3 is 3.05 bits per heavy atom. The first-order valence-corrected chi connectivity index (χ1v) is 8.06. The van der Waals surface area contributed by atoms with E-state index in [0.29, 0.717) is 6.54 Å². The molecule has 0 aromatic carbocycles. The summed E-state index contributed by atoms with van der Waals surface area (Å²) in [5, 5.41) is 20.9. The average molecular weight is 303 g/mol. The van der Waals surface area contributed by atoms with Gasteiger partial charge in [0, 0.05) is 24.1 Å². The molecule has 1 aliphatic rings. The number of furan rings is 1. The van der Waals surface area contributed by atoms with Crippen LogP contribution in [0.25, 0.3) is 11.5 Å². The second kappa shape index (κ2) is 6.26. The zero-order chi connectivity index (χ0) is 15.6. The molecule has 0 aliphatic heterocycles. The average Bonchev–Trinajstić information content (AvgIpc) is 3.11. The van der Waals surface area contributed by atoms with Crippen LogP contribution >= 0.6 is 0 Å². The monoisotopic (exact) mass is 303 g/mol. The topological polar surface area (TPSA) is 74.1 Å². The maximum absolute atomic E-state index is 10.2. The quantitative estimate of drug-likeness (QED) is 0.794. The van der Waals surface area contributed by atoms with E-state index in [1.807, 2.05) is 25.3 Å². The van der Waals surface area contributed by atoms with Crippen LogP contribution in [0.4, 0.5) is 0 Å². The van der Waals surface area contributed by atoms with E-state index in [1.165, 1.54) is 6.42 Å². The lowest BCUT2D eigenvalue weighted by Gasteiger charge is -2.38. The molecule has 2 heterocycles. The van der Waals surface area contributed by atoms with E-state index < -0.39 is 0 Å². The molecule has 5 heteroatoms. The van der Waals surface area contributed by atoms with Crippen LogP contribution in [0.3, 0.4) is 0 Å². The van der Waals surface area contributed by atoms with Gasteiger partial charge in [-0.1, -0.05) is 19.8 Å². The van der Waals surface area contributed by atoms with Crippen molar-refractivity contribution in [1.82, 2.24) is 15.5 Å². The van der Waals surface area contributed by atoms with Crippen LogP contribution in [0.15, 0.2) is 22.7 Å². The van der Waals surface area contributed by atoms with Crippen LogP contribution in [0.2, 0.25) is 0 Å². The summed E-state index contributed by atoms with van der Waals surface area (Å²) in [4.78, 5) is 0. The number of aliphatic hydroxyl groups excluding tert-OH is 1. The first-order valence-electron chi connectivity index (χ1n) is 8.06. The largest absolute Gasteiger partial charge is 0.460 e. The minimum absolute atomic E-state index is 0.0244. The Balaban J connectivity index is 1.62. The fraction of sp³-hybridized carbons (Fsp3) is 0.588. The third kappa shape index (κ3) is 3.10.